The van der Waals surface area contributed by atoms with Gasteiger partial charge in [-0.3, -0.25) is 0 Å². The van der Waals surface area contributed by atoms with Crippen LogP contribution in [0.4, 0.5) is 0 Å². The first kappa shape index (κ1) is 9.73. The first-order chi connectivity index (χ1) is 7.22. The third-order valence-corrected chi connectivity index (χ3v) is 2.31. The molecule has 2 rings (SSSR count). The maximum absolute atomic E-state index is 10.8. The second-order valence-electron chi connectivity index (χ2n) is 3.31. The van der Waals surface area contributed by atoms with Gasteiger partial charge in [-0.2, -0.15) is 0 Å². The van der Waals surface area contributed by atoms with E-state index < -0.39 is 5.97 Å². The molecule has 0 amide bonds. The molecule has 0 unspecified atom stereocenters. The van der Waals surface area contributed by atoms with Crippen molar-refractivity contribution in [2.24, 2.45) is 0 Å². The standard InChI is InChI=1S/C11H11NO3/c1-15-6-8-5-12-10-3-2-7(11(13)14)4-9(8)10/h2-5,12H,6H2,1H3,(H,13,14). The highest BCUT2D eigenvalue weighted by molar-refractivity contribution is 5.94. The molecule has 1 heterocycles. The Bertz CT molecular complexity index is 502. The van der Waals surface area contributed by atoms with Crippen LogP contribution in [-0.2, 0) is 11.3 Å². The number of carbonyl (C=O) groups is 1. The maximum atomic E-state index is 10.8. The average Bonchev–Trinajstić information content (AvgIpc) is 2.61. The molecule has 4 nitrogen and oxygen atoms in total. The molecule has 2 aromatic rings. The van der Waals surface area contributed by atoms with Crippen LogP contribution in [-0.4, -0.2) is 23.2 Å². The van der Waals surface area contributed by atoms with Gasteiger partial charge in [0.1, 0.15) is 0 Å². The van der Waals surface area contributed by atoms with Crippen LogP contribution < -0.4 is 0 Å². The number of carboxylic acids is 1. The van der Waals surface area contributed by atoms with Crippen molar-refractivity contribution in [1.82, 2.24) is 4.98 Å². The van der Waals surface area contributed by atoms with E-state index in [2.05, 4.69) is 4.98 Å². The minimum absolute atomic E-state index is 0.291. The first-order valence-corrected chi connectivity index (χ1v) is 4.54. The third-order valence-electron chi connectivity index (χ3n) is 2.31. The van der Waals surface area contributed by atoms with Crippen LogP contribution in [0, 0.1) is 0 Å². The van der Waals surface area contributed by atoms with Crippen molar-refractivity contribution in [2.45, 2.75) is 6.61 Å². The van der Waals surface area contributed by atoms with Crippen LogP contribution in [0.2, 0.25) is 0 Å². The zero-order valence-electron chi connectivity index (χ0n) is 8.28. The van der Waals surface area contributed by atoms with Gasteiger partial charge in [-0.15, -0.1) is 0 Å². The molecule has 0 saturated carbocycles. The Morgan fingerprint density at radius 1 is 1.53 bits per heavy atom. The van der Waals surface area contributed by atoms with Crippen molar-refractivity contribution in [1.29, 1.82) is 0 Å². The summed E-state index contributed by atoms with van der Waals surface area (Å²) in [5, 5.41) is 9.76. The van der Waals surface area contributed by atoms with Crippen LogP contribution in [0.5, 0.6) is 0 Å². The Kier molecular flexibility index (Phi) is 2.43. The number of hydrogen-bond donors (Lipinski definition) is 2. The number of hydrogen-bond acceptors (Lipinski definition) is 2. The van der Waals surface area contributed by atoms with E-state index in [4.69, 9.17) is 9.84 Å². The van der Waals surface area contributed by atoms with Crippen molar-refractivity contribution >= 4 is 16.9 Å². The molecule has 15 heavy (non-hydrogen) atoms. The quantitative estimate of drug-likeness (QED) is 0.805. The number of aromatic carboxylic acids is 1. The Morgan fingerprint density at radius 3 is 3.00 bits per heavy atom. The number of aromatic nitrogens is 1. The van der Waals surface area contributed by atoms with Crippen LogP contribution in [0.25, 0.3) is 10.9 Å². The van der Waals surface area contributed by atoms with Gasteiger partial charge in [0.15, 0.2) is 0 Å². The van der Waals surface area contributed by atoms with E-state index in [0.29, 0.717) is 12.2 Å². The largest absolute Gasteiger partial charge is 0.478 e. The maximum Gasteiger partial charge on any atom is 0.335 e. The van der Waals surface area contributed by atoms with E-state index in [1.165, 1.54) is 0 Å². The Balaban J connectivity index is 2.56. The fourth-order valence-electron chi connectivity index (χ4n) is 1.59. The molecule has 0 aliphatic carbocycles. The molecule has 0 fully saturated rings. The summed E-state index contributed by atoms with van der Waals surface area (Å²) in [6.07, 6.45) is 1.83. The van der Waals surface area contributed by atoms with E-state index in [1.54, 1.807) is 25.3 Å². The number of carboxylic acid groups (broad SMARTS) is 1. The van der Waals surface area contributed by atoms with E-state index >= 15 is 0 Å². The molecule has 0 radical (unpaired) electrons. The number of methoxy groups -OCH3 is 1. The number of H-pyrrole nitrogens is 1. The highest BCUT2D eigenvalue weighted by atomic mass is 16.5. The van der Waals surface area contributed by atoms with Gasteiger partial charge in [0.2, 0.25) is 0 Å². The molecule has 0 bridgehead atoms. The lowest BCUT2D eigenvalue weighted by Crippen LogP contribution is -1.95. The fourth-order valence-corrected chi connectivity index (χ4v) is 1.59. The number of rotatable bonds is 3. The molecule has 0 aliphatic rings. The molecule has 0 saturated heterocycles. The topological polar surface area (TPSA) is 62.3 Å². The summed E-state index contributed by atoms with van der Waals surface area (Å²) in [5.74, 6) is -0.915. The van der Waals surface area contributed by atoms with Crippen LogP contribution in [0.1, 0.15) is 15.9 Å². The summed E-state index contributed by atoms with van der Waals surface area (Å²) < 4.78 is 5.03. The smallest absolute Gasteiger partial charge is 0.335 e. The predicted molar refractivity (Wildman–Crippen MR) is 56.0 cm³/mol. The van der Waals surface area contributed by atoms with Gasteiger partial charge in [-0.05, 0) is 18.2 Å². The summed E-state index contributed by atoms with van der Waals surface area (Å²) in [6, 6.07) is 5.00. The summed E-state index contributed by atoms with van der Waals surface area (Å²) in [6.45, 7) is 0.475. The van der Waals surface area contributed by atoms with Gasteiger partial charge >= 0.3 is 5.97 Å². The second-order valence-corrected chi connectivity index (χ2v) is 3.31. The summed E-state index contributed by atoms with van der Waals surface area (Å²) in [5.41, 5.74) is 2.18. The van der Waals surface area contributed by atoms with E-state index in [0.717, 1.165) is 16.5 Å². The third kappa shape index (κ3) is 1.71. The highest BCUT2D eigenvalue weighted by Gasteiger charge is 2.07. The highest BCUT2D eigenvalue weighted by Crippen LogP contribution is 2.20. The minimum Gasteiger partial charge on any atom is -0.478 e. The molecule has 2 N–H and O–H groups in total. The molecule has 78 valence electrons. The van der Waals surface area contributed by atoms with Gasteiger partial charge in [0.25, 0.3) is 0 Å². The lowest BCUT2D eigenvalue weighted by Gasteiger charge is -1.98. The van der Waals surface area contributed by atoms with Gasteiger partial charge in [-0.25, -0.2) is 4.79 Å². The van der Waals surface area contributed by atoms with Gasteiger partial charge in [-0.1, -0.05) is 0 Å². The zero-order chi connectivity index (χ0) is 10.8. The first-order valence-electron chi connectivity index (χ1n) is 4.54. The van der Waals surface area contributed by atoms with E-state index in [1.807, 2.05) is 6.20 Å². The lowest BCUT2D eigenvalue weighted by molar-refractivity contribution is 0.0697. The average molecular weight is 205 g/mol. The number of nitrogens with one attached hydrogen (secondary N) is 1. The minimum atomic E-state index is -0.915. The second kappa shape index (κ2) is 3.74. The Hall–Kier alpha value is -1.81. The molecule has 1 aromatic carbocycles. The monoisotopic (exact) mass is 205 g/mol. The van der Waals surface area contributed by atoms with E-state index in [-0.39, 0.29) is 0 Å². The fraction of sp³-hybridized carbons (Fsp3) is 0.182. The molecule has 0 aliphatic heterocycles. The SMILES string of the molecule is COCc1c[nH]c2ccc(C(=O)O)cc12. The van der Waals surface area contributed by atoms with Gasteiger partial charge < -0.3 is 14.8 Å². The normalized spacial score (nSPS) is 10.7. The van der Waals surface area contributed by atoms with Gasteiger partial charge in [0.05, 0.1) is 12.2 Å². The molecule has 0 spiro atoms. The van der Waals surface area contributed by atoms with Crippen molar-refractivity contribution in [3.8, 4) is 0 Å². The number of aromatic amines is 1. The van der Waals surface area contributed by atoms with Crippen LogP contribution in [0.3, 0.4) is 0 Å². The summed E-state index contributed by atoms with van der Waals surface area (Å²) in [4.78, 5) is 13.9. The predicted octanol–water partition coefficient (Wildman–Crippen LogP) is 2.01. The van der Waals surface area contributed by atoms with Crippen molar-refractivity contribution < 1.29 is 14.6 Å². The molecule has 4 heteroatoms. The van der Waals surface area contributed by atoms with E-state index in [9.17, 15) is 4.79 Å². The number of ether oxygens (including phenoxy) is 1. The van der Waals surface area contributed by atoms with Crippen molar-refractivity contribution in [3.63, 3.8) is 0 Å². The molecule has 1 aromatic heterocycles. The van der Waals surface area contributed by atoms with Crippen molar-refractivity contribution in [2.75, 3.05) is 7.11 Å². The molecular formula is C11H11NO3. The lowest BCUT2D eigenvalue weighted by atomic mass is 10.1. The zero-order valence-corrected chi connectivity index (χ0v) is 8.28. The number of benzene rings is 1. The van der Waals surface area contributed by atoms with Crippen LogP contribution in [0.15, 0.2) is 24.4 Å². The van der Waals surface area contributed by atoms with Gasteiger partial charge in [0, 0.05) is 29.8 Å². The summed E-state index contributed by atoms with van der Waals surface area (Å²) >= 11 is 0. The Morgan fingerprint density at radius 2 is 2.33 bits per heavy atom. The van der Waals surface area contributed by atoms with Crippen molar-refractivity contribution in [3.05, 3.63) is 35.5 Å². The number of fused-ring (bicyclic) bond motifs is 1. The van der Waals surface area contributed by atoms with Crippen LogP contribution >= 0.6 is 0 Å². The molecular weight excluding hydrogens is 194 g/mol. The Labute approximate surface area is 86.5 Å². The molecule has 0 atom stereocenters. The summed E-state index contributed by atoms with van der Waals surface area (Å²) in [7, 11) is 1.61.